The zero-order chi connectivity index (χ0) is 18.4. The van der Waals surface area contributed by atoms with Crippen molar-refractivity contribution in [1.82, 2.24) is 4.98 Å². The fraction of sp³-hybridized carbons (Fsp3) is 0.105. The summed E-state index contributed by atoms with van der Waals surface area (Å²) in [5.74, 6) is 0.406. The van der Waals surface area contributed by atoms with Crippen molar-refractivity contribution in [2.45, 2.75) is 11.9 Å². The number of anilines is 2. The Morgan fingerprint density at radius 1 is 1.04 bits per heavy atom. The monoisotopic (exact) mass is 383 g/mol. The maximum absolute atomic E-state index is 12.6. The van der Waals surface area contributed by atoms with Gasteiger partial charge in [-0.3, -0.25) is 9.59 Å². The van der Waals surface area contributed by atoms with Gasteiger partial charge in [-0.1, -0.05) is 25.1 Å². The lowest BCUT2D eigenvalue weighted by atomic mass is 10.1. The average molecular weight is 383 g/mol. The Balaban J connectivity index is 1.74. The number of rotatable bonds is 6. The summed E-state index contributed by atoms with van der Waals surface area (Å²) in [6.07, 6.45) is 1.63. The molecule has 3 aromatic rings. The first-order valence-corrected chi connectivity index (χ1v) is 9.88. The quantitative estimate of drug-likeness (QED) is 0.602. The molecule has 0 fully saturated rings. The summed E-state index contributed by atoms with van der Waals surface area (Å²) >= 11 is 2.99. The Hall–Kier alpha value is -2.64. The van der Waals surface area contributed by atoms with Crippen molar-refractivity contribution in [3.05, 3.63) is 70.5 Å². The van der Waals surface area contributed by atoms with Gasteiger partial charge in [-0.2, -0.15) is 0 Å². The van der Waals surface area contributed by atoms with Crippen LogP contribution in [0.25, 0.3) is 0 Å². The summed E-state index contributed by atoms with van der Waals surface area (Å²) in [6, 6.07) is 14.2. The molecule has 2 amide bonds. The highest BCUT2D eigenvalue weighted by Crippen LogP contribution is 2.21. The maximum atomic E-state index is 12.6. The Morgan fingerprint density at radius 3 is 2.58 bits per heavy atom. The van der Waals surface area contributed by atoms with Crippen molar-refractivity contribution < 1.29 is 9.59 Å². The summed E-state index contributed by atoms with van der Waals surface area (Å²) in [7, 11) is 0. The molecule has 0 saturated heterocycles. The highest BCUT2D eigenvalue weighted by Gasteiger charge is 2.15. The first-order valence-electron chi connectivity index (χ1n) is 8.01. The fourth-order valence-corrected chi connectivity index (χ4v) is 3.47. The van der Waals surface area contributed by atoms with E-state index in [1.165, 1.54) is 11.3 Å². The van der Waals surface area contributed by atoms with E-state index in [1.54, 1.807) is 48.3 Å². The molecule has 0 bridgehead atoms. The molecule has 0 saturated carbocycles. The minimum Gasteiger partial charge on any atom is -0.321 e. The number of amides is 2. The van der Waals surface area contributed by atoms with Crippen LogP contribution >= 0.6 is 23.1 Å². The Bertz CT molecular complexity index is 893. The van der Waals surface area contributed by atoms with Gasteiger partial charge < -0.3 is 10.6 Å². The summed E-state index contributed by atoms with van der Waals surface area (Å²) in [6.45, 7) is 2.06. The molecule has 0 spiro atoms. The molecule has 2 heterocycles. The van der Waals surface area contributed by atoms with Crippen molar-refractivity contribution >= 4 is 46.3 Å². The number of carbonyl (C=O) groups excluding carboxylic acids is 2. The van der Waals surface area contributed by atoms with E-state index in [1.807, 2.05) is 23.6 Å². The number of aromatic nitrogens is 1. The van der Waals surface area contributed by atoms with Gasteiger partial charge in [-0.15, -0.1) is 23.1 Å². The third-order valence-electron chi connectivity index (χ3n) is 3.45. The standard InChI is InChI=1S/C19H17N3O2S2/c1-2-25-17-10-9-13(12-20-17)21-18(23)14-6-3-4-7-15(14)22-19(24)16-8-5-11-26-16/h3-12H,2H2,1H3,(H,21,23)(H,22,24). The van der Waals surface area contributed by atoms with E-state index in [4.69, 9.17) is 0 Å². The number of nitrogens with zero attached hydrogens (tertiary/aromatic N) is 1. The molecule has 26 heavy (non-hydrogen) atoms. The van der Waals surface area contributed by atoms with Crippen molar-refractivity contribution in [1.29, 1.82) is 0 Å². The molecule has 0 aliphatic rings. The third-order valence-corrected chi connectivity index (χ3v) is 5.15. The van der Waals surface area contributed by atoms with Crippen LogP contribution in [0.15, 0.2) is 65.1 Å². The minimum absolute atomic E-state index is 0.233. The van der Waals surface area contributed by atoms with Gasteiger partial charge in [0.05, 0.1) is 33.0 Å². The largest absolute Gasteiger partial charge is 0.321 e. The lowest BCUT2D eigenvalue weighted by Crippen LogP contribution is -2.17. The van der Waals surface area contributed by atoms with Crippen LogP contribution in [0.4, 0.5) is 11.4 Å². The van der Waals surface area contributed by atoms with Crippen molar-refractivity contribution in [3.63, 3.8) is 0 Å². The molecule has 132 valence electrons. The van der Waals surface area contributed by atoms with Crippen LogP contribution in [-0.2, 0) is 0 Å². The zero-order valence-electron chi connectivity index (χ0n) is 14.1. The smallest absolute Gasteiger partial charge is 0.265 e. The number of para-hydroxylation sites is 1. The van der Waals surface area contributed by atoms with Crippen LogP contribution < -0.4 is 10.6 Å². The fourth-order valence-electron chi connectivity index (χ4n) is 2.27. The lowest BCUT2D eigenvalue weighted by molar-refractivity contribution is 0.102. The van der Waals surface area contributed by atoms with Crippen LogP contribution in [0.3, 0.4) is 0 Å². The van der Waals surface area contributed by atoms with Gasteiger partial charge >= 0.3 is 0 Å². The number of nitrogens with one attached hydrogen (secondary N) is 2. The second-order valence-corrected chi connectivity index (χ2v) is 7.48. The van der Waals surface area contributed by atoms with Gasteiger partial charge in [0.1, 0.15) is 0 Å². The van der Waals surface area contributed by atoms with E-state index in [-0.39, 0.29) is 11.8 Å². The van der Waals surface area contributed by atoms with Crippen LogP contribution in [-0.4, -0.2) is 22.6 Å². The van der Waals surface area contributed by atoms with Crippen LogP contribution in [0.1, 0.15) is 27.0 Å². The number of thiophene rings is 1. The zero-order valence-corrected chi connectivity index (χ0v) is 15.7. The summed E-state index contributed by atoms with van der Waals surface area (Å²) in [5.41, 5.74) is 1.47. The molecule has 0 unspecified atom stereocenters. The SMILES string of the molecule is CCSc1ccc(NC(=O)c2ccccc2NC(=O)c2cccs2)cn1. The molecule has 2 aromatic heterocycles. The van der Waals surface area contributed by atoms with Gasteiger partial charge in [0.25, 0.3) is 11.8 Å². The van der Waals surface area contributed by atoms with Crippen molar-refractivity contribution in [3.8, 4) is 0 Å². The predicted molar refractivity (Wildman–Crippen MR) is 107 cm³/mol. The molecule has 2 N–H and O–H groups in total. The minimum atomic E-state index is -0.301. The van der Waals surface area contributed by atoms with Gasteiger partial charge in [0.2, 0.25) is 0 Å². The number of carbonyl (C=O) groups is 2. The van der Waals surface area contributed by atoms with Crippen molar-refractivity contribution in [2.24, 2.45) is 0 Å². The van der Waals surface area contributed by atoms with Crippen LogP contribution in [0.5, 0.6) is 0 Å². The van der Waals surface area contributed by atoms with Gasteiger partial charge in [0.15, 0.2) is 0 Å². The molecule has 0 aliphatic heterocycles. The van der Waals surface area contributed by atoms with E-state index in [9.17, 15) is 9.59 Å². The topological polar surface area (TPSA) is 71.1 Å². The molecule has 7 heteroatoms. The normalized spacial score (nSPS) is 10.3. The Kier molecular flexibility index (Phi) is 6.04. The highest BCUT2D eigenvalue weighted by molar-refractivity contribution is 7.99. The molecule has 3 rings (SSSR count). The van der Waals surface area contributed by atoms with Gasteiger partial charge in [-0.05, 0) is 41.5 Å². The van der Waals surface area contributed by atoms with Gasteiger partial charge in [-0.25, -0.2) is 4.98 Å². The second kappa shape index (κ2) is 8.64. The van der Waals surface area contributed by atoms with E-state index in [2.05, 4.69) is 22.5 Å². The molecule has 1 aromatic carbocycles. The molecule has 0 aliphatic carbocycles. The predicted octanol–water partition coefficient (Wildman–Crippen LogP) is 4.76. The number of hydrogen-bond donors (Lipinski definition) is 2. The summed E-state index contributed by atoms with van der Waals surface area (Å²) < 4.78 is 0. The van der Waals surface area contributed by atoms with Crippen molar-refractivity contribution in [2.75, 3.05) is 16.4 Å². The van der Waals surface area contributed by atoms with E-state index in [0.29, 0.717) is 21.8 Å². The number of thioether (sulfide) groups is 1. The van der Waals surface area contributed by atoms with E-state index in [0.717, 1.165) is 10.8 Å². The lowest BCUT2D eigenvalue weighted by Gasteiger charge is -2.11. The number of hydrogen-bond acceptors (Lipinski definition) is 5. The first kappa shape index (κ1) is 18.2. The van der Waals surface area contributed by atoms with Gasteiger partial charge in [0, 0.05) is 0 Å². The first-order chi connectivity index (χ1) is 12.7. The summed E-state index contributed by atoms with van der Waals surface area (Å²) in [4.78, 5) is 29.8. The molecule has 0 radical (unpaired) electrons. The Labute approximate surface area is 159 Å². The molecular weight excluding hydrogens is 366 g/mol. The van der Waals surface area contributed by atoms with E-state index >= 15 is 0 Å². The molecule has 0 atom stereocenters. The average Bonchev–Trinajstić information content (AvgIpc) is 3.19. The van der Waals surface area contributed by atoms with Crippen LogP contribution in [0, 0.1) is 0 Å². The summed E-state index contributed by atoms with van der Waals surface area (Å²) in [5, 5.41) is 8.36. The number of pyridine rings is 1. The molecule has 5 nitrogen and oxygen atoms in total. The van der Waals surface area contributed by atoms with E-state index < -0.39 is 0 Å². The highest BCUT2D eigenvalue weighted by atomic mass is 32.2. The Morgan fingerprint density at radius 2 is 1.88 bits per heavy atom. The number of benzene rings is 1. The maximum Gasteiger partial charge on any atom is 0.265 e. The van der Waals surface area contributed by atoms with Crippen LogP contribution in [0.2, 0.25) is 0 Å². The third kappa shape index (κ3) is 4.50. The molecular formula is C19H17N3O2S2. The second-order valence-electron chi connectivity index (χ2n) is 5.25.